The minimum Gasteiger partial charge on any atom is -0.363 e. The predicted molar refractivity (Wildman–Crippen MR) is 203 cm³/mol. The topological polar surface area (TPSA) is 216 Å². The van der Waals surface area contributed by atoms with Crippen molar-refractivity contribution in [2.24, 2.45) is 16.6 Å². The molecule has 15 nitrogen and oxygen atoms in total. The van der Waals surface area contributed by atoms with Gasteiger partial charge in [0.15, 0.2) is 0 Å². The van der Waals surface area contributed by atoms with E-state index in [1.54, 1.807) is 12.1 Å². The Morgan fingerprint density at radius 2 is 1.62 bits per heavy atom. The number of nitrogens with one attached hydrogen (secondary N) is 2. The summed E-state index contributed by atoms with van der Waals surface area (Å²) < 4.78 is 29.4. The molecule has 0 spiro atoms. The second kappa shape index (κ2) is 16.1. The number of carbonyl (C=O) groups is 5. The summed E-state index contributed by atoms with van der Waals surface area (Å²) in [7, 11) is -3.53. The number of likely N-dealkylation sites (tertiary alicyclic amines) is 1. The molecular weight excluding hydrogens is 725 g/mol. The molecule has 0 bridgehead atoms. The van der Waals surface area contributed by atoms with Crippen LogP contribution in [0.2, 0.25) is 0 Å². The van der Waals surface area contributed by atoms with Crippen molar-refractivity contribution in [1.29, 1.82) is 0 Å². The molecule has 1 saturated heterocycles. The normalized spacial score (nSPS) is 22.0. The molecule has 3 saturated carbocycles. The average Bonchev–Trinajstić information content (AvgIpc) is 3.81. The van der Waals surface area contributed by atoms with E-state index in [1.165, 1.54) is 15.8 Å². The van der Waals surface area contributed by atoms with Gasteiger partial charge in [0.2, 0.25) is 21.7 Å². The molecule has 16 heteroatoms. The second-order valence-electron chi connectivity index (χ2n) is 15.6. The molecule has 0 unspecified atom stereocenters. The van der Waals surface area contributed by atoms with Gasteiger partial charge in [0.1, 0.15) is 17.3 Å². The number of rotatable bonds is 13. The monoisotopic (exact) mass is 772 g/mol. The summed E-state index contributed by atoms with van der Waals surface area (Å²) in [5, 5.41) is 12.5. The van der Waals surface area contributed by atoms with Crippen molar-refractivity contribution in [3.63, 3.8) is 0 Å². The SMILES string of the molecule is NC(=O)C(=O)C1(NC(=O)[C@@H]2C[C@H](n3nncc3CNS(=O)(=O)C3CC3)CN2C(=O)C(CC2CCCCC2)=NC(=O)c2ccc3ccccc3c2)CCCCC1. The molecule has 4 amide bonds. The lowest BCUT2D eigenvalue weighted by molar-refractivity contribution is -0.144. The van der Waals surface area contributed by atoms with E-state index < -0.39 is 62.3 Å². The number of aliphatic imine (C=N–C) groups is 1. The maximum Gasteiger partial charge on any atom is 0.287 e. The van der Waals surface area contributed by atoms with E-state index >= 15 is 0 Å². The Hall–Kier alpha value is -4.83. The molecule has 4 N–H and O–H groups in total. The van der Waals surface area contributed by atoms with Gasteiger partial charge in [0, 0.05) is 18.5 Å². The maximum absolute atomic E-state index is 14.9. The predicted octanol–water partition coefficient (Wildman–Crippen LogP) is 3.28. The van der Waals surface area contributed by atoms with Crippen molar-refractivity contribution in [2.45, 2.75) is 119 Å². The summed E-state index contributed by atoms with van der Waals surface area (Å²) in [6.07, 6.45) is 10.2. The van der Waals surface area contributed by atoms with Crippen molar-refractivity contribution >= 4 is 55.9 Å². The number of Topliss-reactive ketones (excluding diaryl/α,β-unsaturated/α-hetero) is 1. The number of primary amides is 1. The first kappa shape index (κ1) is 38.4. The van der Waals surface area contributed by atoms with Gasteiger partial charge in [0.05, 0.1) is 29.7 Å². The number of sulfonamides is 1. The molecule has 2 atom stereocenters. The fraction of sp³-hybridized carbons (Fsp3) is 0.538. The molecule has 3 aromatic rings. The first-order valence-corrected chi connectivity index (χ1v) is 20.9. The second-order valence-corrected chi connectivity index (χ2v) is 17.6. The van der Waals surface area contributed by atoms with Crippen LogP contribution in [0, 0.1) is 5.92 Å². The quantitative estimate of drug-likeness (QED) is 0.171. The lowest BCUT2D eigenvalue weighted by atomic mass is 9.78. The number of ketones is 1. The molecule has 292 valence electrons. The van der Waals surface area contributed by atoms with Gasteiger partial charge in [-0.15, -0.1) is 5.10 Å². The Bertz CT molecular complexity index is 2120. The number of aromatic nitrogens is 3. The maximum atomic E-state index is 14.9. The van der Waals surface area contributed by atoms with Gasteiger partial charge in [0.25, 0.3) is 17.7 Å². The van der Waals surface area contributed by atoms with Crippen LogP contribution in [0.25, 0.3) is 10.8 Å². The largest absolute Gasteiger partial charge is 0.363 e. The minimum atomic E-state index is -3.53. The van der Waals surface area contributed by atoms with Gasteiger partial charge >= 0.3 is 0 Å². The smallest absolute Gasteiger partial charge is 0.287 e. The Kier molecular flexibility index (Phi) is 11.3. The number of amides is 4. The highest BCUT2D eigenvalue weighted by Crippen LogP contribution is 2.34. The molecule has 55 heavy (non-hydrogen) atoms. The van der Waals surface area contributed by atoms with E-state index in [-0.39, 0.29) is 50.4 Å². The fourth-order valence-corrected chi connectivity index (χ4v) is 9.81. The van der Waals surface area contributed by atoms with Crippen LogP contribution >= 0.6 is 0 Å². The Morgan fingerprint density at radius 1 is 0.909 bits per heavy atom. The van der Waals surface area contributed by atoms with Gasteiger partial charge in [-0.3, -0.25) is 24.0 Å². The molecule has 1 aromatic heterocycles. The summed E-state index contributed by atoms with van der Waals surface area (Å²) >= 11 is 0. The number of carbonyl (C=O) groups excluding carboxylic acids is 5. The number of hydrogen-bond acceptors (Lipinski definition) is 9. The van der Waals surface area contributed by atoms with Crippen molar-refractivity contribution in [2.75, 3.05) is 6.54 Å². The Labute approximate surface area is 319 Å². The number of fused-ring (bicyclic) bond motifs is 1. The van der Waals surface area contributed by atoms with E-state index in [4.69, 9.17) is 5.73 Å². The Morgan fingerprint density at radius 3 is 2.33 bits per heavy atom. The first-order valence-electron chi connectivity index (χ1n) is 19.4. The number of hydrogen-bond donors (Lipinski definition) is 3. The van der Waals surface area contributed by atoms with Crippen molar-refractivity contribution in [1.82, 2.24) is 29.9 Å². The molecule has 2 heterocycles. The van der Waals surface area contributed by atoms with Crippen LogP contribution in [-0.4, -0.2) is 86.8 Å². The summed E-state index contributed by atoms with van der Waals surface area (Å²) in [5.41, 5.74) is 4.78. The molecule has 3 aliphatic carbocycles. The average molecular weight is 773 g/mol. The van der Waals surface area contributed by atoms with Crippen molar-refractivity contribution in [3.8, 4) is 0 Å². The van der Waals surface area contributed by atoms with Crippen LogP contribution in [0.1, 0.15) is 112 Å². The van der Waals surface area contributed by atoms with Gasteiger partial charge in [-0.25, -0.2) is 22.8 Å². The molecule has 1 aliphatic heterocycles. The molecule has 2 aromatic carbocycles. The van der Waals surface area contributed by atoms with Crippen LogP contribution in [0.4, 0.5) is 0 Å². The Balaban J connectivity index is 1.22. The fourth-order valence-electron chi connectivity index (χ4n) is 8.47. The van der Waals surface area contributed by atoms with Crippen molar-refractivity contribution < 1.29 is 32.4 Å². The molecule has 7 rings (SSSR count). The highest BCUT2D eigenvalue weighted by Gasteiger charge is 2.48. The third-order valence-corrected chi connectivity index (χ3v) is 13.6. The lowest BCUT2D eigenvalue weighted by Crippen LogP contribution is -2.62. The zero-order chi connectivity index (χ0) is 38.7. The van der Waals surface area contributed by atoms with Crippen LogP contribution in [0.3, 0.4) is 0 Å². The molecular formula is C39H48N8O7S. The molecule has 4 aliphatic rings. The third kappa shape index (κ3) is 8.54. The number of nitrogens with zero attached hydrogens (tertiary/aromatic N) is 5. The van der Waals surface area contributed by atoms with Crippen LogP contribution in [-0.2, 0) is 35.7 Å². The zero-order valence-corrected chi connectivity index (χ0v) is 31.6. The van der Waals surface area contributed by atoms with E-state index in [0.717, 1.165) is 49.3 Å². The van der Waals surface area contributed by atoms with E-state index in [1.807, 2.05) is 30.3 Å². The molecule has 4 fully saturated rings. The number of nitrogens with two attached hydrogens (primary N) is 1. The first-order chi connectivity index (χ1) is 26.4. The zero-order valence-electron chi connectivity index (χ0n) is 30.8. The standard InChI is InChI=1S/C39H48N8O7S/c40-35(49)34(48)39(17-7-2-8-18-39)44-37(51)33-21-29(47-30(22-41-45-47)23-42-55(53,54)31-15-16-31)24-46(33)38(52)32(19-25-9-3-1-4-10-25)43-36(50)28-14-13-26-11-5-6-12-27(26)20-28/h5-6,11-14,20,22,25,29,31,33,42H,1-4,7-10,15-19,21,23-24H2,(H2,40,49)(H,44,51)/t29-,33-/m0/s1. The van der Waals surface area contributed by atoms with Crippen LogP contribution in [0.5, 0.6) is 0 Å². The van der Waals surface area contributed by atoms with Gasteiger partial charge in [-0.1, -0.05) is 86.9 Å². The van der Waals surface area contributed by atoms with E-state index in [9.17, 15) is 32.4 Å². The summed E-state index contributed by atoms with van der Waals surface area (Å²) in [5.74, 6) is -3.70. The van der Waals surface area contributed by atoms with Crippen LogP contribution in [0.15, 0.2) is 53.7 Å². The van der Waals surface area contributed by atoms with Gasteiger partial charge < -0.3 is 16.0 Å². The summed E-state index contributed by atoms with van der Waals surface area (Å²) in [6, 6.07) is 11.1. The van der Waals surface area contributed by atoms with Crippen molar-refractivity contribution in [3.05, 3.63) is 59.9 Å². The van der Waals surface area contributed by atoms with E-state index in [2.05, 4.69) is 25.3 Å². The van der Waals surface area contributed by atoms with Gasteiger partial charge in [-0.2, -0.15) is 0 Å². The minimum absolute atomic E-state index is 0.0345. The van der Waals surface area contributed by atoms with Crippen LogP contribution < -0.4 is 15.8 Å². The molecule has 0 radical (unpaired) electrons. The third-order valence-electron chi connectivity index (χ3n) is 11.7. The van der Waals surface area contributed by atoms with E-state index in [0.29, 0.717) is 36.9 Å². The summed E-state index contributed by atoms with van der Waals surface area (Å²) in [6.45, 7) is -0.120. The van der Waals surface area contributed by atoms with Gasteiger partial charge in [-0.05, 0) is 60.9 Å². The highest BCUT2D eigenvalue weighted by atomic mass is 32.2. The number of benzene rings is 2. The lowest BCUT2D eigenvalue weighted by Gasteiger charge is -2.37. The highest BCUT2D eigenvalue weighted by molar-refractivity contribution is 7.90. The summed E-state index contributed by atoms with van der Waals surface area (Å²) in [4.78, 5) is 74.4.